The molecule has 0 aliphatic carbocycles. The van der Waals surface area contributed by atoms with Crippen LogP contribution in [-0.4, -0.2) is 40.0 Å². The van der Waals surface area contributed by atoms with Gasteiger partial charge in [-0.2, -0.15) is 0 Å². The summed E-state index contributed by atoms with van der Waals surface area (Å²) < 4.78 is 0. The molecule has 0 unspecified atom stereocenters. The van der Waals surface area contributed by atoms with E-state index in [2.05, 4.69) is 25.8 Å². The molecule has 0 radical (unpaired) electrons. The van der Waals surface area contributed by atoms with E-state index in [0.29, 0.717) is 31.6 Å². The van der Waals surface area contributed by atoms with Crippen molar-refractivity contribution in [2.24, 2.45) is 5.92 Å². The van der Waals surface area contributed by atoms with Gasteiger partial charge in [-0.05, 0) is 29.9 Å². The number of nitrogens with zero attached hydrogens (tertiary/aromatic N) is 2. The summed E-state index contributed by atoms with van der Waals surface area (Å²) in [7, 11) is 0. The highest BCUT2D eigenvalue weighted by Gasteiger charge is 2.28. The van der Waals surface area contributed by atoms with Crippen molar-refractivity contribution >= 4 is 11.9 Å². The Kier molecular flexibility index (Phi) is 4.30. The van der Waals surface area contributed by atoms with E-state index in [1.165, 1.54) is 0 Å². The maximum absolute atomic E-state index is 12.4. The van der Waals surface area contributed by atoms with Crippen LogP contribution in [0.15, 0.2) is 18.3 Å². The normalized spacial score (nSPS) is 16.8. The van der Waals surface area contributed by atoms with Gasteiger partial charge in [-0.1, -0.05) is 26.8 Å². The SMILES string of the molecule is CC(C)(C)c1ccc(C(=O)N2CCC(C(=O)O)CC2)nc1. The van der Waals surface area contributed by atoms with Crippen LogP contribution in [0.2, 0.25) is 0 Å². The molecule has 0 saturated carbocycles. The molecule has 114 valence electrons. The summed E-state index contributed by atoms with van der Waals surface area (Å²) in [5.74, 6) is -1.21. The van der Waals surface area contributed by atoms with Crippen molar-refractivity contribution in [1.29, 1.82) is 0 Å². The van der Waals surface area contributed by atoms with E-state index >= 15 is 0 Å². The summed E-state index contributed by atoms with van der Waals surface area (Å²) in [5, 5.41) is 8.97. The van der Waals surface area contributed by atoms with Crippen LogP contribution in [0.25, 0.3) is 0 Å². The Labute approximate surface area is 125 Å². The zero-order valence-corrected chi connectivity index (χ0v) is 12.8. The Bertz CT molecular complexity index is 523. The minimum Gasteiger partial charge on any atom is -0.481 e. The lowest BCUT2D eigenvalue weighted by Crippen LogP contribution is -2.40. The predicted octanol–water partition coefficient (Wildman–Crippen LogP) is 2.32. The molecular formula is C16H22N2O3. The third kappa shape index (κ3) is 3.60. The second-order valence-corrected chi connectivity index (χ2v) is 6.59. The lowest BCUT2D eigenvalue weighted by Gasteiger charge is -2.30. The number of amides is 1. The largest absolute Gasteiger partial charge is 0.481 e. The van der Waals surface area contributed by atoms with Crippen LogP contribution in [0.4, 0.5) is 0 Å². The second kappa shape index (κ2) is 5.84. The molecule has 1 aromatic rings. The van der Waals surface area contributed by atoms with Crippen LogP contribution >= 0.6 is 0 Å². The van der Waals surface area contributed by atoms with Gasteiger partial charge < -0.3 is 10.0 Å². The molecule has 2 heterocycles. The summed E-state index contributed by atoms with van der Waals surface area (Å²) >= 11 is 0. The first-order valence-electron chi connectivity index (χ1n) is 7.27. The molecule has 0 atom stereocenters. The first kappa shape index (κ1) is 15.5. The summed E-state index contributed by atoms with van der Waals surface area (Å²) in [6.45, 7) is 7.27. The number of aromatic nitrogens is 1. The van der Waals surface area contributed by atoms with Gasteiger partial charge in [0.15, 0.2) is 0 Å². The molecule has 0 aromatic carbocycles. The summed E-state index contributed by atoms with van der Waals surface area (Å²) in [6.07, 6.45) is 2.78. The molecule has 1 N–H and O–H groups in total. The molecule has 1 aromatic heterocycles. The van der Waals surface area contributed by atoms with Crippen molar-refractivity contribution in [1.82, 2.24) is 9.88 Å². The van der Waals surface area contributed by atoms with Crippen molar-refractivity contribution in [3.8, 4) is 0 Å². The highest BCUT2D eigenvalue weighted by atomic mass is 16.4. The standard InChI is InChI=1S/C16H22N2O3/c1-16(2,3)12-4-5-13(17-10-12)14(19)18-8-6-11(7-9-18)15(20)21/h4-5,10-11H,6-9H2,1-3H3,(H,20,21). The number of hydrogen-bond donors (Lipinski definition) is 1. The minimum absolute atomic E-state index is 0.00834. The smallest absolute Gasteiger partial charge is 0.306 e. The van der Waals surface area contributed by atoms with E-state index in [1.54, 1.807) is 17.2 Å². The van der Waals surface area contributed by atoms with Gasteiger partial charge in [-0.3, -0.25) is 14.6 Å². The number of likely N-dealkylation sites (tertiary alicyclic amines) is 1. The molecule has 1 saturated heterocycles. The molecule has 0 spiro atoms. The number of hydrogen-bond acceptors (Lipinski definition) is 3. The highest BCUT2D eigenvalue weighted by Crippen LogP contribution is 2.22. The monoisotopic (exact) mass is 290 g/mol. The van der Waals surface area contributed by atoms with Crippen molar-refractivity contribution in [3.05, 3.63) is 29.6 Å². The predicted molar refractivity (Wildman–Crippen MR) is 79.2 cm³/mol. The van der Waals surface area contributed by atoms with Gasteiger partial charge >= 0.3 is 5.97 Å². The van der Waals surface area contributed by atoms with Gasteiger partial charge in [0.2, 0.25) is 0 Å². The number of piperidine rings is 1. The fourth-order valence-electron chi connectivity index (χ4n) is 2.46. The molecule has 1 aliphatic heterocycles. The van der Waals surface area contributed by atoms with Crippen LogP contribution in [0.1, 0.15) is 49.7 Å². The van der Waals surface area contributed by atoms with Crippen molar-refractivity contribution in [3.63, 3.8) is 0 Å². The van der Waals surface area contributed by atoms with Crippen LogP contribution in [-0.2, 0) is 10.2 Å². The summed E-state index contributed by atoms with van der Waals surface area (Å²) in [6, 6.07) is 3.69. The quantitative estimate of drug-likeness (QED) is 0.907. The van der Waals surface area contributed by atoms with E-state index in [0.717, 1.165) is 5.56 Å². The van der Waals surface area contributed by atoms with Gasteiger partial charge in [0.25, 0.3) is 5.91 Å². The highest BCUT2D eigenvalue weighted by molar-refractivity contribution is 5.92. The van der Waals surface area contributed by atoms with Crippen LogP contribution < -0.4 is 0 Å². The Morgan fingerprint density at radius 2 is 1.86 bits per heavy atom. The van der Waals surface area contributed by atoms with Crippen LogP contribution in [0, 0.1) is 5.92 Å². The minimum atomic E-state index is -0.769. The molecule has 1 aliphatic rings. The average Bonchev–Trinajstić information content (AvgIpc) is 2.46. The van der Waals surface area contributed by atoms with Gasteiger partial charge in [0.05, 0.1) is 5.92 Å². The van der Waals surface area contributed by atoms with Gasteiger partial charge in [-0.15, -0.1) is 0 Å². The van der Waals surface area contributed by atoms with Gasteiger partial charge in [0, 0.05) is 19.3 Å². The third-order valence-corrected chi connectivity index (χ3v) is 3.98. The Morgan fingerprint density at radius 3 is 2.29 bits per heavy atom. The molecule has 5 heteroatoms. The first-order valence-corrected chi connectivity index (χ1v) is 7.27. The van der Waals surface area contributed by atoms with Crippen molar-refractivity contribution in [2.75, 3.05) is 13.1 Å². The molecule has 1 fully saturated rings. The molecule has 21 heavy (non-hydrogen) atoms. The van der Waals surface area contributed by atoms with E-state index in [1.807, 2.05) is 6.07 Å². The number of carbonyl (C=O) groups excluding carboxylic acids is 1. The molecule has 5 nitrogen and oxygen atoms in total. The second-order valence-electron chi connectivity index (χ2n) is 6.59. The molecular weight excluding hydrogens is 268 g/mol. The summed E-state index contributed by atoms with van der Waals surface area (Å²) in [5.41, 5.74) is 1.52. The number of carboxylic acid groups (broad SMARTS) is 1. The van der Waals surface area contributed by atoms with E-state index in [9.17, 15) is 9.59 Å². The number of pyridine rings is 1. The van der Waals surface area contributed by atoms with Crippen molar-refractivity contribution < 1.29 is 14.7 Å². The van der Waals surface area contributed by atoms with Crippen LogP contribution in [0.3, 0.4) is 0 Å². The van der Waals surface area contributed by atoms with Crippen molar-refractivity contribution in [2.45, 2.75) is 39.0 Å². The number of aliphatic carboxylic acids is 1. The lowest BCUT2D eigenvalue weighted by atomic mass is 9.88. The maximum atomic E-state index is 12.4. The molecule has 2 rings (SSSR count). The Hall–Kier alpha value is -1.91. The van der Waals surface area contributed by atoms with Crippen LogP contribution in [0.5, 0.6) is 0 Å². The fraction of sp³-hybridized carbons (Fsp3) is 0.562. The van der Waals surface area contributed by atoms with Gasteiger partial charge in [-0.25, -0.2) is 0 Å². The van der Waals surface area contributed by atoms with E-state index in [4.69, 9.17) is 5.11 Å². The third-order valence-electron chi connectivity index (χ3n) is 3.98. The van der Waals surface area contributed by atoms with Gasteiger partial charge in [0.1, 0.15) is 5.69 Å². The first-order chi connectivity index (χ1) is 9.79. The zero-order valence-electron chi connectivity index (χ0n) is 12.8. The number of rotatable bonds is 2. The topological polar surface area (TPSA) is 70.5 Å². The number of carbonyl (C=O) groups is 2. The van der Waals surface area contributed by atoms with E-state index < -0.39 is 5.97 Å². The lowest BCUT2D eigenvalue weighted by molar-refractivity contribution is -0.143. The average molecular weight is 290 g/mol. The maximum Gasteiger partial charge on any atom is 0.306 e. The Balaban J connectivity index is 2.03. The molecule has 1 amide bonds. The summed E-state index contributed by atoms with van der Waals surface area (Å²) in [4.78, 5) is 29.2. The van der Waals surface area contributed by atoms with E-state index in [-0.39, 0.29) is 17.2 Å². The fourth-order valence-corrected chi connectivity index (χ4v) is 2.46. The molecule has 0 bridgehead atoms. The Morgan fingerprint density at radius 1 is 1.24 bits per heavy atom. The number of carboxylic acids is 1. The zero-order chi connectivity index (χ0) is 15.6.